The molecule has 0 bridgehead atoms. The van der Waals surface area contributed by atoms with Crippen LogP contribution in [0.5, 0.6) is 0 Å². The van der Waals surface area contributed by atoms with E-state index in [-0.39, 0.29) is 17.3 Å². The van der Waals surface area contributed by atoms with E-state index in [1.807, 2.05) is 12.1 Å². The summed E-state index contributed by atoms with van der Waals surface area (Å²) in [4.78, 5) is 29.6. The van der Waals surface area contributed by atoms with Crippen LogP contribution in [0.15, 0.2) is 33.9 Å². The van der Waals surface area contributed by atoms with Gasteiger partial charge in [0.1, 0.15) is 0 Å². The fourth-order valence-corrected chi connectivity index (χ4v) is 2.93. The Morgan fingerprint density at radius 1 is 1.20 bits per heavy atom. The van der Waals surface area contributed by atoms with Gasteiger partial charge >= 0.3 is 5.69 Å². The van der Waals surface area contributed by atoms with Gasteiger partial charge in [0.2, 0.25) is 0 Å². The SMILES string of the molecule is CC(Cn1c(=O)[nH]c2ccccc2c1=O)N1CCCC1. The third-order valence-corrected chi connectivity index (χ3v) is 4.10. The number of benzene rings is 1. The first-order valence-corrected chi connectivity index (χ1v) is 7.13. The Morgan fingerprint density at radius 2 is 1.90 bits per heavy atom. The van der Waals surface area contributed by atoms with Crippen molar-refractivity contribution in [2.24, 2.45) is 0 Å². The number of para-hydroxylation sites is 1. The largest absolute Gasteiger partial charge is 0.328 e. The first kappa shape index (κ1) is 13.1. The van der Waals surface area contributed by atoms with E-state index in [9.17, 15) is 9.59 Å². The summed E-state index contributed by atoms with van der Waals surface area (Å²) in [5.74, 6) is 0. The highest BCUT2D eigenvalue weighted by Crippen LogP contribution is 2.12. The first-order valence-electron chi connectivity index (χ1n) is 7.13. The molecule has 1 aromatic heterocycles. The summed E-state index contributed by atoms with van der Waals surface area (Å²) in [6.45, 7) is 4.63. The second-order valence-electron chi connectivity index (χ2n) is 5.48. The smallest absolute Gasteiger partial charge is 0.307 e. The van der Waals surface area contributed by atoms with E-state index in [1.165, 1.54) is 17.4 Å². The van der Waals surface area contributed by atoms with Crippen molar-refractivity contribution in [1.29, 1.82) is 0 Å². The van der Waals surface area contributed by atoms with Crippen molar-refractivity contribution in [3.05, 3.63) is 45.1 Å². The molecule has 2 heterocycles. The molecule has 1 atom stereocenters. The fraction of sp³-hybridized carbons (Fsp3) is 0.467. The lowest BCUT2D eigenvalue weighted by Crippen LogP contribution is -2.42. The minimum atomic E-state index is -0.320. The van der Waals surface area contributed by atoms with E-state index >= 15 is 0 Å². The summed E-state index contributed by atoms with van der Waals surface area (Å²) >= 11 is 0. The highest BCUT2D eigenvalue weighted by Gasteiger charge is 2.19. The highest BCUT2D eigenvalue weighted by atomic mass is 16.2. The summed E-state index contributed by atoms with van der Waals surface area (Å²) in [6.07, 6.45) is 2.40. The van der Waals surface area contributed by atoms with Gasteiger partial charge in [0, 0.05) is 12.6 Å². The molecule has 0 spiro atoms. The van der Waals surface area contributed by atoms with Crippen molar-refractivity contribution >= 4 is 10.9 Å². The average molecular weight is 273 g/mol. The summed E-state index contributed by atoms with van der Waals surface area (Å²) in [5, 5.41) is 0.570. The van der Waals surface area contributed by atoms with Crippen LogP contribution in [-0.2, 0) is 6.54 Å². The van der Waals surface area contributed by atoms with Gasteiger partial charge in [-0.25, -0.2) is 4.79 Å². The Balaban J connectivity index is 1.99. The van der Waals surface area contributed by atoms with Crippen molar-refractivity contribution in [2.45, 2.75) is 32.4 Å². The summed E-state index contributed by atoms with van der Waals surface area (Å²) < 4.78 is 1.32. The molecule has 20 heavy (non-hydrogen) atoms. The van der Waals surface area contributed by atoms with Gasteiger partial charge < -0.3 is 4.98 Å². The molecule has 1 aliphatic heterocycles. The van der Waals surface area contributed by atoms with E-state index in [2.05, 4.69) is 16.8 Å². The first-order chi connectivity index (χ1) is 9.66. The van der Waals surface area contributed by atoms with E-state index in [4.69, 9.17) is 0 Å². The summed E-state index contributed by atoms with van der Waals surface area (Å²) in [7, 11) is 0. The number of likely N-dealkylation sites (tertiary alicyclic amines) is 1. The predicted octanol–water partition coefficient (Wildman–Crippen LogP) is 1.17. The number of aromatic nitrogens is 2. The van der Waals surface area contributed by atoms with E-state index in [0.29, 0.717) is 17.4 Å². The topological polar surface area (TPSA) is 58.1 Å². The van der Waals surface area contributed by atoms with Gasteiger partial charge in [-0.15, -0.1) is 0 Å². The lowest BCUT2D eigenvalue weighted by Gasteiger charge is -2.23. The zero-order valence-corrected chi connectivity index (χ0v) is 11.6. The van der Waals surface area contributed by atoms with Crippen LogP contribution in [0.4, 0.5) is 0 Å². The van der Waals surface area contributed by atoms with Crippen molar-refractivity contribution in [2.75, 3.05) is 13.1 Å². The Labute approximate surface area is 116 Å². The number of hydrogen-bond acceptors (Lipinski definition) is 3. The van der Waals surface area contributed by atoms with Gasteiger partial charge in [0.25, 0.3) is 5.56 Å². The number of nitrogens with one attached hydrogen (secondary N) is 1. The molecule has 1 unspecified atom stereocenters. The molecule has 0 radical (unpaired) electrons. The third kappa shape index (κ3) is 2.29. The molecular formula is C15H19N3O2. The second-order valence-corrected chi connectivity index (χ2v) is 5.48. The molecule has 1 aliphatic rings. The van der Waals surface area contributed by atoms with Gasteiger partial charge in [-0.2, -0.15) is 0 Å². The quantitative estimate of drug-likeness (QED) is 0.913. The maximum absolute atomic E-state index is 12.4. The molecule has 1 N–H and O–H groups in total. The van der Waals surface area contributed by atoms with Crippen LogP contribution in [0.25, 0.3) is 10.9 Å². The second kappa shape index (κ2) is 5.25. The van der Waals surface area contributed by atoms with Gasteiger partial charge in [-0.1, -0.05) is 12.1 Å². The molecule has 3 rings (SSSR count). The van der Waals surface area contributed by atoms with Crippen LogP contribution in [-0.4, -0.2) is 33.6 Å². The Morgan fingerprint density at radius 3 is 2.65 bits per heavy atom. The molecule has 0 aliphatic carbocycles. The predicted molar refractivity (Wildman–Crippen MR) is 79.1 cm³/mol. The van der Waals surface area contributed by atoms with Crippen molar-refractivity contribution in [1.82, 2.24) is 14.5 Å². The molecule has 5 nitrogen and oxygen atoms in total. The van der Waals surface area contributed by atoms with Gasteiger partial charge in [0.15, 0.2) is 0 Å². The zero-order chi connectivity index (χ0) is 14.1. The Bertz CT molecular complexity index is 726. The molecule has 0 saturated carbocycles. The number of fused-ring (bicyclic) bond motifs is 1. The van der Waals surface area contributed by atoms with Crippen LogP contribution in [0.1, 0.15) is 19.8 Å². The monoisotopic (exact) mass is 273 g/mol. The van der Waals surface area contributed by atoms with E-state index < -0.39 is 0 Å². The third-order valence-electron chi connectivity index (χ3n) is 4.10. The van der Waals surface area contributed by atoms with E-state index in [1.54, 1.807) is 12.1 Å². The average Bonchev–Trinajstić information content (AvgIpc) is 2.97. The molecule has 106 valence electrons. The number of aromatic amines is 1. The molecular weight excluding hydrogens is 254 g/mol. The summed E-state index contributed by atoms with van der Waals surface area (Å²) in [5.41, 5.74) is 0.0859. The number of rotatable bonds is 3. The minimum absolute atomic E-state index is 0.199. The zero-order valence-electron chi connectivity index (χ0n) is 11.6. The van der Waals surface area contributed by atoms with Crippen LogP contribution in [0, 0.1) is 0 Å². The molecule has 5 heteroatoms. The maximum Gasteiger partial charge on any atom is 0.328 e. The van der Waals surface area contributed by atoms with Crippen LogP contribution < -0.4 is 11.2 Å². The summed E-state index contributed by atoms with van der Waals surface area (Å²) in [6, 6.07) is 7.35. The fourth-order valence-electron chi connectivity index (χ4n) is 2.93. The van der Waals surface area contributed by atoms with Crippen LogP contribution >= 0.6 is 0 Å². The minimum Gasteiger partial charge on any atom is -0.307 e. The van der Waals surface area contributed by atoms with Gasteiger partial charge in [-0.05, 0) is 45.0 Å². The van der Waals surface area contributed by atoms with Gasteiger partial charge in [0.05, 0.1) is 10.9 Å². The number of nitrogens with zero attached hydrogens (tertiary/aromatic N) is 2. The standard InChI is InChI=1S/C15H19N3O2/c1-11(17-8-4-5-9-17)10-18-14(19)12-6-2-3-7-13(12)16-15(18)20/h2-3,6-7,11H,4-5,8-10H2,1H3,(H,16,20). The normalized spacial score (nSPS) is 17.6. The van der Waals surface area contributed by atoms with Crippen molar-refractivity contribution in [3.8, 4) is 0 Å². The molecule has 0 amide bonds. The Hall–Kier alpha value is -1.88. The lowest BCUT2D eigenvalue weighted by atomic mass is 10.2. The van der Waals surface area contributed by atoms with Crippen LogP contribution in [0.3, 0.4) is 0 Å². The maximum atomic E-state index is 12.4. The van der Waals surface area contributed by atoms with Crippen molar-refractivity contribution in [3.63, 3.8) is 0 Å². The molecule has 2 aromatic rings. The van der Waals surface area contributed by atoms with Crippen LogP contribution in [0.2, 0.25) is 0 Å². The van der Waals surface area contributed by atoms with Gasteiger partial charge in [-0.3, -0.25) is 14.3 Å². The Kier molecular flexibility index (Phi) is 3.44. The molecule has 1 fully saturated rings. The highest BCUT2D eigenvalue weighted by molar-refractivity contribution is 5.76. The lowest BCUT2D eigenvalue weighted by molar-refractivity contribution is 0.232. The number of H-pyrrole nitrogens is 1. The van der Waals surface area contributed by atoms with E-state index in [0.717, 1.165) is 13.1 Å². The number of hydrogen-bond donors (Lipinski definition) is 1. The molecule has 1 aromatic carbocycles. The molecule has 1 saturated heterocycles. The van der Waals surface area contributed by atoms with Crippen molar-refractivity contribution < 1.29 is 0 Å².